The first-order valence-electron chi connectivity index (χ1n) is 27.6. The number of amides is 1. The largest absolute Gasteiger partial charge is 0.466 e. The minimum Gasteiger partial charge on any atom is -0.466 e. The Morgan fingerprint density at radius 1 is 0.452 bits per heavy atom. The molecule has 0 aromatic heterocycles. The van der Waals surface area contributed by atoms with Crippen molar-refractivity contribution in [3.63, 3.8) is 0 Å². The lowest BCUT2D eigenvalue weighted by atomic mass is 10.0. The predicted octanol–water partition coefficient (Wildman–Crippen LogP) is 16.7. The highest BCUT2D eigenvalue weighted by atomic mass is 16.5. The van der Waals surface area contributed by atoms with E-state index in [0.29, 0.717) is 25.9 Å². The number of aliphatic hydroxyl groups excluding tert-OH is 2. The molecule has 0 radical (unpaired) electrons. The standard InChI is InChI=1S/C56H107NO5/c1-3-5-7-9-11-13-15-16-22-25-29-32-36-40-44-48-54(59)53(52-58)57-55(60)49-45-41-37-33-30-26-23-20-18-17-19-21-24-27-31-35-39-43-47-51-62-56(61)50-46-42-38-34-28-14-12-10-8-6-4-2/h21,24,27,31,53-54,58-59H,3-20,22-23,25-26,28-30,32-52H2,1-2H3,(H,57,60)/b24-21-,31-27-. The highest BCUT2D eigenvalue weighted by Crippen LogP contribution is 2.17. The third-order valence-electron chi connectivity index (χ3n) is 12.8. The second-order valence-electron chi connectivity index (χ2n) is 18.9. The van der Waals surface area contributed by atoms with Gasteiger partial charge in [-0.25, -0.2) is 0 Å². The van der Waals surface area contributed by atoms with Gasteiger partial charge in [-0.2, -0.15) is 0 Å². The average Bonchev–Trinajstić information content (AvgIpc) is 3.27. The molecular weight excluding hydrogens is 767 g/mol. The van der Waals surface area contributed by atoms with Crippen LogP contribution in [0.25, 0.3) is 0 Å². The molecule has 3 N–H and O–H groups in total. The van der Waals surface area contributed by atoms with Gasteiger partial charge in [0.25, 0.3) is 0 Å². The number of nitrogens with one attached hydrogen (secondary N) is 1. The van der Waals surface area contributed by atoms with Gasteiger partial charge in [-0.1, -0.05) is 250 Å². The van der Waals surface area contributed by atoms with Crippen LogP contribution in [0.4, 0.5) is 0 Å². The smallest absolute Gasteiger partial charge is 0.305 e. The topological polar surface area (TPSA) is 95.9 Å². The summed E-state index contributed by atoms with van der Waals surface area (Å²) < 4.78 is 5.43. The molecule has 2 unspecified atom stereocenters. The fourth-order valence-electron chi connectivity index (χ4n) is 8.51. The Bertz CT molecular complexity index is 966. The average molecular weight is 874 g/mol. The minimum atomic E-state index is -0.670. The van der Waals surface area contributed by atoms with Crippen LogP contribution in [0.5, 0.6) is 0 Å². The number of esters is 1. The molecule has 0 aliphatic rings. The molecule has 0 aromatic rings. The van der Waals surface area contributed by atoms with Crippen LogP contribution >= 0.6 is 0 Å². The van der Waals surface area contributed by atoms with Crippen LogP contribution in [0.2, 0.25) is 0 Å². The zero-order valence-electron chi connectivity index (χ0n) is 41.6. The fourth-order valence-corrected chi connectivity index (χ4v) is 8.51. The molecule has 366 valence electrons. The number of carbonyl (C=O) groups excluding carboxylic acids is 2. The quantitative estimate of drug-likeness (QED) is 0.0321. The second-order valence-corrected chi connectivity index (χ2v) is 18.9. The third-order valence-corrected chi connectivity index (χ3v) is 12.8. The molecule has 0 heterocycles. The van der Waals surface area contributed by atoms with Gasteiger partial charge in [0.1, 0.15) is 0 Å². The summed E-state index contributed by atoms with van der Waals surface area (Å²) in [7, 11) is 0. The molecule has 0 aliphatic heterocycles. The van der Waals surface area contributed by atoms with Crippen molar-refractivity contribution in [1.82, 2.24) is 5.32 Å². The number of carbonyl (C=O) groups is 2. The molecule has 2 atom stereocenters. The molecule has 0 saturated heterocycles. The Balaban J connectivity index is 3.48. The monoisotopic (exact) mass is 874 g/mol. The number of ether oxygens (including phenoxy) is 1. The lowest BCUT2D eigenvalue weighted by Gasteiger charge is -2.22. The number of hydrogen-bond acceptors (Lipinski definition) is 5. The van der Waals surface area contributed by atoms with E-state index in [1.54, 1.807) is 0 Å². The molecule has 0 saturated carbocycles. The maximum atomic E-state index is 12.5. The second kappa shape index (κ2) is 52.0. The van der Waals surface area contributed by atoms with Crippen LogP contribution < -0.4 is 5.32 Å². The highest BCUT2D eigenvalue weighted by molar-refractivity contribution is 5.76. The van der Waals surface area contributed by atoms with E-state index < -0.39 is 12.1 Å². The first kappa shape index (κ1) is 60.3. The third kappa shape index (κ3) is 47.8. The molecule has 6 heteroatoms. The molecular formula is C56H107NO5. The molecule has 0 bridgehead atoms. The van der Waals surface area contributed by atoms with Crippen molar-refractivity contribution >= 4 is 11.9 Å². The predicted molar refractivity (Wildman–Crippen MR) is 269 cm³/mol. The molecule has 62 heavy (non-hydrogen) atoms. The summed E-state index contributed by atoms with van der Waals surface area (Å²) in [6.07, 6.45) is 61.6. The van der Waals surface area contributed by atoms with E-state index in [0.717, 1.165) is 70.6 Å². The van der Waals surface area contributed by atoms with Gasteiger partial charge in [0.05, 0.1) is 25.4 Å². The number of unbranched alkanes of at least 4 members (excludes halogenated alkanes) is 37. The Morgan fingerprint density at radius 3 is 1.19 bits per heavy atom. The zero-order valence-corrected chi connectivity index (χ0v) is 41.6. The van der Waals surface area contributed by atoms with Gasteiger partial charge in [-0.05, 0) is 57.8 Å². The maximum Gasteiger partial charge on any atom is 0.305 e. The van der Waals surface area contributed by atoms with Gasteiger partial charge in [-0.3, -0.25) is 9.59 Å². The van der Waals surface area contributed by atoms with Crippen molar-refractivity contribution in [1.29, 1.82) is 0 Å². The van der Waals surface area contributed by atoms with Crippen LogP contribution in [-0.2, 0) is 14.3 Å². The molecule has 0 rings (SSSR count). The van der Waals surface area contributed by atoms with Crippen LogP contribution in [0.1, 0.15) is 296 Å². The fraction of sp³-hybridized carbons (Fsp3) is 0.893. The first-order valence-corrected chi connectivity index (χ1v) is 27.6. The summed E-state index contributed by atoms with van der Waals surface area (Å²) in [6.45, 7) is 4.91. The summed E-state index contributed by atoms with van der Waals surface area (Å²) in [5, 5.41) is 23.2. The van der Waals surface area contributed by atoms with Crippen molar-refractivity contribution in [3.8, 4) is 0 Å². The van der Waals surface area contributed by atoms with Crippen LogP contribution in [-0.4, -0.2) is 47.4 Å². The molecule has 0 aromatic carbocycles. The van der Waals surface area contributed by atoms with Gasteiger partial charge in [0.2, 0.25) is 5.91 Å². The van der Waals surface area contributed by atoms with Crippen molar-refractivity contribution in [2.24, 2.45) is 0 Å². The number of hydrogen-bond donors (Lipinski definition) is 3. The molecule has 1 amide bonds. The van der Waals surface area contributed by atoms with E-state index in [4.69, 9.17) is 4.74 Å². The van der Waals surface area contributed by atoms with E-state index in [1.807, 2.05) is 0 Å². The molecule has 0 aliphatic carbocycles. The molecule has 0 spiro atoms. The number of rotatable bonds is 51. The number of aliphatic hydroxyl groups is 2. The van der Waals surface area contributed by atoms with Crippen molar-refractivity contribution in [2.75, 3.05) is 13.2 Å². The lowest BCUT2D eigenvalue weighted by Crippen LogP contribution is -2.45. The SMILES string of the molecule is CCCCCCCCCCCCCCCCCC(O)C(CO)NC(=O)CCCCCCCCCCCC/C=C\C=C/CCCCCOC(=O)CCCCCCCCCCCCC. The molecule has 6 nitrogen and oxygen atoms in total. The summed E-state index contributed by atoms with van der Waals surface area (Å²) in [5.41, 5.74) is 0. The van der Waals surface area contributed by atoms with E-state index in [9.17, 15) is 19.8 Å². The minimum absolute atomic E-state index is 0.0136. The van der Waals surface area contributed by atoms with E-state index in [1.165, 1.54) is 193 Å². The van der Waals surface area contributed by atoms with Gasteiger partial charge in [0, 0.05) is 12.8 Å². The van der Waals surface area contributed by atoms with Crippen LogP contribution in [0.15, 0.2) is 24.3 Å². The van der Waals surface area contributed by atoms with E-state index in [-0.39, 0.29) is 18.5 Å². The first-order chi connectivity index (χ1) is 30.5. The Labute approximate surface area is 386 Å². The van der Waals surface area contributed by atoms with Crippen LogP contribution in [0.3, 0.4) is 0 Å². The van der Waals surface area contributed by atoms with Gasteiger partial charge in [-0.15, -0.1) is 0 Å². The zero-order chi connectivity index (χ0) is 45.1. The van der Waals surface area contributed by atoms with Gasteiger partial charge in [0.15, 0.2) is 0 Å². The summed E-state index contributed by atoms with van der Waals surface area (Å²) in [4.78, 5) is 24.4. The summed E-state index contributed by atoms with van der Waals surface area (Å²) >= 11 is 0. The van der Waals surface area contributed by atoms with Crippen molar-refractivity contribution < 1.29 is 24.5 Å². The Kier molecular flexibility index (Phi) is 50.6. The Hall–Kier alpha value is -1.66. The number of allylic oxidation sites excluding steroid dienone is 4. The van der Waals surface area contributed by atoms with Crippen molar-refractivity contribution in [3.05, 3.63) is 24.3 Å². The summed E-state index contributed by atoms with van der Waals surface area (Å²) in [6, 6.07) is -0.548. The molecule has 0 fully saturated rings. The lowest BCUT2D eigenvalue weighted by molar-refractivity contribution is -0.143. The van der Waals surface area contributed by atoms with E-state index >= 15 is 0 Å². The normalized spacial score (nSPS) is 12.8. The van der Waals surface area contributed by atoms with Gasteiger partial charge < -0.3 is 20.3 Å². The Morgan fingerprint density at radius 2 is 0.790 bits per heavy atom. The summed E-state index contributed by atoms with van der Waals surface area (Å²) in [5.74, 6) is -0.0574. The van der Waals surface area contributed by atoms with E-state index in [2.05, 4.69) is 43.5 Å². The highest BCUT2D eigenvalue weighted by Gasteiger charge is 2.20. The maximum absolute atomic E-state index is 12.5. The van der Waals surface area contributed by atoms with Crippen LogP contribution in [0, 0.1) is 0 Å². The van der Waals surface area contributed by atoms with Gasteiger partial charge >= 0.3 is 5.97 Å². The van der Waals surface area contributed by atoms with Crippen molar-refractivity contribution in [2.45, 2.75) is 309 Å².